The molecule has 0 aromatic heterocycles. The molecule has 1 rings (SSSR count). The summed E-state index contributed by atoms with van der Waals surface area (Å²) in [6, 6.07) is 0. The Morgan fingerprint density at radius 1 is 1.67 bits per heavy atom. The molecule has 0 aromatic carbocycles. The molecular weight excluding hydrogens is 168 g/mol. The maximum absolute atomic E-state index is 4.18. The maximum atomic E-state index is 4.18. The second kappa shape index (κ2) is 4.80. The second-order valence-corrected chi connectivity index (χ2v) is 5.32. The van der Waals surface area contributed by atoms with Crippen molar-refractivity contribution in [3.05, 3.63) is 0 Å². The van der Waals surface area contributed by atoms with Crippen LogP contribution in [0.3, 0.4) is 0 Å². The molecule has 1 atom stereocenters. The minimum Gasteiger partial charge on any atom is -0.168 e. The van der Waals surface area contributed by atoms with Crippen LogP contribution >= 0.6 is 36.2 Å². The third-order valence-corrected chi connectivity index (χ3v) is 4.33. The van der Waals surface area contributed by atoms with Crippen molar-refractivity contribution in [1.29, 1.82) is 0 Å². The van der Waals surface area contributed by atoms with E-state index in [4.69, 9.17) is 0 Å². The predicted molar refractivity (Wildman–Crippen MR) is 51.8 cm³/mol. The van der Waals surface area contributed by atoms with Gasteiger partial charge in [-0.15, -0.1) is 11.8 Å². The third kappa shape index (κ3) is 3.10. The van der Waals surface area contributed by atoms with Crippen LogP contribution in [0.2, 0.25) is 0 Å². The van der Waals surface area contributed by atoms with Crippen molar-refractivity contribution in [2.45, 2.75) is 18.1 Å². The molecular formula is C6H12S3. The van der Waals surface area contributed by atoms with Gasteiger partial charge in [0.25, 0.3) is 0 Å². The molecule has 0 aromatic rings. The van der Waals surface area contributed by atoms with E-state index in [1.807, 2.05) is 11.8 Å². The van der Waals surface area contributed by atoms with E-state index in [9.17, 15) is 0 Å². The van der Waals surface area contributed by atoms with Gasteiger partial charge in [-0.05, 0) is 18.6 Å². The van der Waals surface area contributed by atoms with Crippen LogP contribution in [-0.2, 0) is 0 Å². The van der Waals surface area contributed by atoms with Crippen LogP contribution in [0.4, 0.5) is 0 Å². The van der Waals surface area contributed by atoms with Crippen molar-refractivity contribution >= 4 is 36.2 Å². The van der Waals surface area contributed by atoms with Gasteiger partial charge < -0.3 is 0 Å². The highest BCUT2D eigenvalue weighted by Gasteiger charge is 2.12. The van der Waals surface area contributed by atoms with E-state index in [2.05, 4.69) is 24.4 Å². The minimum atomic E-state index is 0.904. The standard InChI is InChI=1S/C6H12S3/c7-5-9-6-2-1-3-8-4-6/h6-7H,1-5H2. The zero-order chi connectivity index (χ0) is 6.53. The topological polar surface area (TPSA) is 0 Å². The summed E-state index contributed by atoms with van der Waals surface area (Å²) in [5.41, 5.74) is 0. The Bertz CT molecular complexity index is 65.9. The van der Waals surface area contributed by atoms with Crippen molar-refractivity contribution < 1.29 is 0 Å². The molecule has 0 N–H and O–H groups in total. The lowest BCUT2D eigenvalue weighted by atomic mass is 10.3. The molecule has 0 nitrogen and oxygen atoms in total. The lowest BCUT2D eigenvalue weighted by Gasteiger charge is -2.19. The largest absolute Gasteiger partial charge is 0.168 e. The Labute approximate surface area is 71.0 Å². The van der Waals surface area contributed by atoms with Crippen molar-refractivity contribution in [1.82, 2.24) is 0 Å². The second-order valence-electron chi connectivity index (χ2n) is 2.13. The first-order valence-electron chi connectivity index (χ1n) is 3.23. The van der Waals surface area contributed by atoms with E-state index in [0.29, 0.717) is 0 Å². The van der Waals surface area contributed by atoms with E-state index < -0.39 is 0 Å². The zero-order valence-electron chi connectivity index (χ0n) is 5.38. The first-order chi connectivity index (χ1) is 4.43. The Morgan fingerprint density at radius 2 is 2.56 bits per heavy atom. The number of thiol groups is 1. The van der Waals surface area contributed by atoms with Gasteiger partial charge in [0.2, 0.25) is 0 Å². The van der Waals surface area contributed by atoms with Crippen LogP contribution in [0.5, 0.6) is 0 Å². The monoisotopic (exact) mass is 180 g/mol. The van der Waals surface area contributed by atoms with Crippen molar-refractivity contribution in [2.24, 2.45) is 0 Å². The third-order valence-electron chi connectivity index (χ3n) is 1.43. The van der Waals surface area contributed by atoms with E-state index in [0.717, 1.165) is 10.3 Å². The average Bonchev–Trinajstić information content (AvgIpc) is 1.91. The van der Waals surface area contributed by atoms with Gasteiger partial charge in [-0.2, -0.15) is 24.4 Å². The van der Waals surface area contributed by atoms with Gasteiger partial charge >= 0.3 is 0 Å². The molecule has 0 saturated carbocycles. The molecule has 1 unspecified atom stereocenters. The fourth-order valence-corrected chi connectivity index (χ4v) is 3.77. The zero-order valence-corrected chi connectivity index (χ0v) is 7.90. The van der Waals surface area contributed by atoms with E-state index in [-0.39, 0.29) is 0 Å². The first kappa shape index (κ1) is 8.15. The van der Waals surface area contributed by atoms with Gasteiger partial charge in [-0.25, -0.2) is 0 Å². The van der Waals surface area contributed by atoms with Crippen LogP contribution in [0.15, 0.2) is 0 Å². The number of thioether (sulfide) groups is 2. The van der Waals surface area contributed by atoms with Crippen molar-refractivity contribution in [3.8, 4) is 0 Å². The molecule has 3 heteroatoms. The van der Waals surface area contributed by atoms with E-state index in [1.54, 1.807) is 0 Å². The lowest BCUT2D eigenvalue weighted by Crippen LogP contribution is -2.12. The molecule has 0 amide bonds. The summed E-state index contributed by atoms with van der Waals surface area (Å²) in [6.45, 7) is 0. The molecule has 1 aliphatic rings. The van der Waals surface area contributed by atoms with Crippen LogP contribution in [0.25, 0.3) is 0 Å². The summed E-state index contributed by atoms with van der Waals surface area (Å²) in [5, 5.41) is 1.90. The molecule has 0 spiro atoms. The Morgan fingerprint density at radius 3 is 3.11 bits per heavy atom. The van der Waals surface area contributed by atoms with Gasteiger partial charge in [-0.3, -0.25) is 0 Å². The van der Waals surface area contributed by atoms with Crippen LogP contribution in [0.1, 0.15) is 12.8 Å². The summed E-state index contributed by atoms with van der Waals surface area (Å²) in [7, 11) is 0. The molecule has 0 bridgehead atoms. The number of rotatable bonds is 2. The normalized spacial score (nSPS) is 28.3. The molecule has 1 fully saturated rings. The SMILES string of the molecule is SCSC1CCCSC1. The van der Waals surface area contributed by atoms with Crippen LogP contribution < -0.4 is 0 Å². The fourth-order valence-electron chi connectivity index (χ4n) is 0.948. The highest BCUT2D eigenvalue weighted by Crippen LogP contribution is 2.27. The van der Waals surface area contributed by atoms with E-state index >= 15 is 0 Å². The van der Waals surface area contributed by atoms with Gasteiger partial charge in [-0.1, -0.05) is 0 Å². The van der Waals surface area contributed by atoms with E-state index in [1.165, 1.54) is 24.3 Å². The molecule has 54 valence electrons. The quantitative estimate of drug-likeness (QED) is 0.512. The first-order valence-corrected chi connectivity index (χ1v) is 6.07. The lowest BCUT2D eigenvalue weighted by molar-refractivity contribution is 0.781. The Balaban J connectivity index is 2.08. The van der Waals surface area contributed by atoms with Gasteiger partial charge in [0, 0.05) is 16.1 Å². The minimum absolute atomic E-state index is 0.904. The molecule has 1 heterocycles. The van der Waals surface area contributed by atoms with Crippen LogP contribution in [-0.4, -0.2) is 21.8 Å². The van der Waals surface area contributed by atoms with Crippen molar-refractivity contribution in [2.75, 3.05) is 16.6 Å². The smallest absolute Gasteiger partial charge is 0.0364 e. The Kier molecular flexibility index (Phi) is 4.35. The highest BCUT2D eigenvalue weighted by molar-refractivity contribution is 8.10. The molecule has 0 radical (unpaired) electrons. The van der Waals surface area contributed by atoms with Crippen molar-refractivity contribution in [3.63, 3.8) is 0 Å². The Hall–Kier alpha value is 1.05. The highest BCUT2D eigenvalue weighted by atomic mass is 32.2. The summed E-state index contributed by atoms with van der Waals surface area (Å²) in [5.74, 6) is 2.73. The summed E-state index contributed by atoms with van der Waals surface area (Å²) in [6.07, 6.45) is 2.83. The molecule has 1 aliphatic heterocycles. The number of hydrogen-bond donors (Lipinski definition) is 1. The summed E-state index contributed by atoms with van der Waals surface area (Å²) in [4.78, 5) is 0. The molecule has 0 aliphatic carbocycles. The van der Waals surface area contributed by atoms with Gasteiger partial charge in [0.15, 0.2) is 0 Å². The van der Waals surface area contributed by atoms with Gasteiger partial charge in [0.1, 0.15) is 0 Å². The maximum Gasteiger partial charge on any atom is 0.0364 e. The molecule has 9 heavy (non-hydrogen) atoms. The predicted octanol–water partition coefficient (Wildman–Crippen LogP) is 2.50. The number of hydrogen-bond acceptors (Lipinski definition) is 3. The average molecular weight is 180 g/mol. The molecule has 1 saturated heterocycles. The summed E-state index contributed by atoms with van der Waals surface area (Å²) < 4.78 is 0. The fraction of sp³-hybridized carbons (Fsp3) is 1.00. The van der Waals surface area contributed by atoms with Gasteiger partial charge in [0.05, 0.1) is 0 Å². The summed E-state index contributed by atoms with van der Waals surface area (Å²) >= 11 is 8.27. The van der Waals surface area contributed by atoms with Crippen LogP contribution in [0, 0.1) is 0 Å².